The van der Waals surface area contributed by atoms with Gasteiger partial charge in [-0.1, -0.05) is 30.3 Å². The zero-order chi connectivity index (χ0) is 13.1. The van der Waals surface area contributed by atoms with Gasteiger partial charge < -0.3 is 0 Å². The number of hydrogen-bond donors (Lipinski definition) is 0. The molecule has 0 atom stereocenters. The predicted molar refractivity (Wildman–Crippen MR) is 83.2 cm³/mol. The summed E-state index contributed by atoms with van der Waals surface area (Å²) < 4.78 is 0. The van der Waals surface area contributed by atoms with Gasteiger partial charge in [0, 0.05) is 40.1 Å². The molecule has 0 fully saturated rings. The fourth-order valence-electron chi connectivity index (χ4n) is 3.32. The van der Waals surface area contributed by atoms with Crippen molar-refractivity contribution < 1.29 is 0 Å². The summed E-state index contributed by atoms with van der Waals surface area (Å²) in [6.07, 6.45) is 5.80. The molecule has 2 heterocycles. The molecule has 2 heteroatoms. The zero-order valence-corrected chi connectivity index (χ0v) is 10.7. The largest absolute Gasteiger partial charge is 0.263 e. The monoisotopic (exact) mass is 254 g/mol. The quantitative estimate of drug-likeness (QED) is 0.300. The van der Waals surface area contributed by atoms with E-state index in [0.29, 0.717) is 0 Å². The summed E-state index contributed by atoms with van der Waals surface area (Å²) in [7, 11) is 0. The van der Waals surface area contributed by atoms with Crippen LogP contribution in [0.5, 0.6) is 0 Å². The van der Waals surface area contributed by atoms with Gasteiger partial charge in [-0.3, -0.25) is 9.97 Å². The second kappa shape index (κ2) is 3.42. The molecule has 0 aliphatic heterocycles. The Kier molecular flexibility index (Phi) is 1.73. The molecule has 0 saturated heterocycles. The third-order valence-electron chi connectivity index (χ3n) is 4.13. The summed E-state index contributed by atoms with van der Waals surface area (Å²) in [6.45, 7) is 0. The van der Waals surface area contributed by atoms with E-state index in [4.69, 9.17) is 0 Å². The first-order valence-electron chi connectivity index (χ1n) is 6.69. The Bertz CT molecular complexity index is 926. The van der Waals surface area contributed by atoms with Crippen LogP contribution in [0, 0.1) is 0 Å². The zero-order valence-electron chi connectivity index (χ0n) is 10.7. The van der Waals surface area contributed by atoms with E-state index in [1.54, 1.807) is 0 Å². The van der Waals surface area contributed by atoms with Crippen LogP contribution in [-0.2, 0) is 0 Å². The van der Waals surface area contributed by atoms with Crippen LogP contribution < -0.4 is 0 Å². The minimum absolute atomic E-state index is 1.05. The lowest BCUT2D eigenvalue weighted by atomic mass is 9.93. The van der Waals surface area contributed by atoms with Gasteiger partial charge in [0.25, 0.3) is 0 Å². The highest BCUT2D eigenvalue weighted by atomic mass is 14.6. The lowest BCUT2D eigenvalue weighted by molar-refractivity contribution is 1.39. The van der Waals surface area contributed by atoms with E-state index < -0.39 is 0 Å². The van der Waals surface area contributed by atoms with Gasteiger partial charge in [-0.15, -0.1) is 0 Å². The Morgan fingerprint density at radius 1 is 0.650 bits per heavy atom. The topological polar surface area (TPSA) is 25.8 Å². The lowest BCUT2D eigenvalue weighted by Gasteiger charge is -2.12. The van der Waals surface area contributed by atoms with Crippen molar-refractivity contribution in [3.63, 3.8) is 0 Å². The van der Waals surface area contributed by atoms with Crippen molar-refractivity contribution in [2.45, 2.75) is 0 Å². The van der Waals surface area contributed by atoms with E-state index in [1.807, 2.05) is 18.6 Å². The first-order valence-corrected chi connectivity index (χ1v) is 6.69. The molecule has 3 aromatic carbocycles. The van der Waals surface area contributed by atoms with Gasteiger partial charge in [-0.05, 0) is 28.3 Å². The Morgan fingerprint density at radius 2 is 1.45 bits per heavy atom. The second-order valence-electron chi connectivity index (χ2n) is 5.15. The smallest absolute Gasteiger partial charge is 0.0714 e. The van der Waals surface area contributed by atoms with Crippen LogP contribution in [-0.4, -0.2) is 9.97 Å². The van der Waals surface area contributed by atoms with Crippen LogP contribution in [0.25, 0.3) is 43.2 Å². The van der Waals surface area contributed by atoms with Crippen molar-refractivity contribution in [3.8, 4) is 0 Å². The molecule has 2 aromatic heterocycles. The number of rotatable bonds is 0. The van der Waals surface area contributed by atoms with Gasteiger partial charge in [0.1, 0.15) is 0 Å². The van der Waals surface area contributed by atoms with Gasteiger partial charge in [-0.25, -0.2) is 0 Å². The first-order chi connectivity index (χ1) is 9.93. The summed E-state index contributed by atoms with van der Waals surface area (Å²) in [5.41, 5.74) is 1.05. The molecule has 92 valence electrons. The average Bonchev–Trinajstić information content (AvgIpc) is 2.52. The maximum atomic E-state index is 4.50. The van der Waals surface area contributed by atoms with Crippen LogP contribution in [0.15, 0.2) is 61.1 Å². The Labute approximate surface area is 115 Å². The van der Waals surface area contributed by atoms with Crippen LogP contribution >= 0.6 is 0 Å². The predicted octanol–water partition coefficient (Wildman–Crippen LogP) is 4.53. The van der Waals surface area contributed by atoms with E-state index in [0.717, 1.165) is 5.52 Å². The number of pyridine rings is 2. The Hall–Kier alpha value is -2.74. The fraction of sp³-hybridized carbons (Fsp3) is 0. The van der Waals surface area contributed by atoms with Crippen LogP contribution in [0.1, 0.15) is 0 Å². The molecule has 5 aromatic rings. The molecule has 2 nitrogen and oxygen atoms in total. The van der Waals surface area contributed by atoms with Crippen molar-refractivity contribution in [2.24, 2.45) is 0 Å². The van der Waals surface area contributed by atoms with Gasteiger partial charge >= 0.3 is 0 Å². The molecule has 0 N–H and O–H groups in total. The Morgan fingerprint density at radius 3 is 2.40 bits per heavy atom. The highest BCUT2D eigenvalue weighted by Gasteiger charge is 2.12. The standard InChI is InChI=1S/C18H10N2/c1-3-11-9-19-10-15-13-5-2-6-16-18(13)14(7-8-20-16)12(4-1)17(11)15/h1-10H. The van der Waals surface area contributed by atoms with E-state index in [-0.39, 0.29) is 0 Å². The van der Waals surface area contributed by atoms with Crippen molar-refractivity contribution in [2.75, 3.05) is 0 Å². The molecule has 0 spiro atoms. The number of hydrogen-bond acceptors (Lipinski definition) is 2. The molecule has 0 unspecified atom stereocenters. The number of benzene rings is 3. The SMILES string of the molecule is c1cc2cncc3c4cccc5nccc(c(c1)c23)c54. The summed E-state index contributed by atoms with van der Waals surface area (Å²) in [5.74, 6) is 0. The molecule has 0 saturated carbocycles. The van der Waals surface area contributed by atoms with Gasteiger partial charge in [0.15, 0.2) is 0 Å². The summed E-state index contributed by atoms with van der Waals surface area (Å²) >= 11 is 0. The van der Waals surface area contributed by atoms with Crippen LogP contribution in [0.2, 0.25) is 0 Å². The summed E-state index contributed by atoms with van der Waals surface area (Å²) in [4.78, 5) is 8.90. The van der Waals surface area contributed by atoms with E-state index >= 15 is 0 Å². The van der Waals surface area contributed by atoms with Crippen molar-refractivity contribution in [3.05, 3.63) is 61.1 Å². The molecular weight excluding hydrogens is 244 g/mol. The maximum Gasteiger partial charge on any atom is 0.0714 e. The molecular formula is C18H10N2. The molecule has 0 bridgehead atoms. The van der Waals surface area contributed by atoms with Gasteiger partial charge in [0.2, 0.25) is 0 Å². The lowest BCUT2D eigenvalue weighted by Crippen LogP contribution is -1.88. The van der Waals surface area contributed by atoms with Gasteiger partial charge in [-0.2, -0.15) is 0 Å². The Balaban J connectivity index is 2.32. The van der Waals surface area contributed by atoms with Gasteiger partial charge in [0.05, 0.1) is 5.52 Å². The molecule has 5 rings (SSSR count). The van der Waals surface area contributed by atoms with Crippen LogP contribution in [0.3, 0.4) is 0 Å². The fourth-order valence-corrected chi connectivity index (χ4v) is 3.32. The second-order valence-corrected chi connectivity index (χ2v) is 5.15. The third-order valence-corrected chi connectivity index (χ3v) is 4.13. The molecule has 0 radical (unpaired) electrons. The first kappa shape index (κ1) is 10.1. The molecule has 0 aliphatic rings. The third kappa shape index (κ3) is 1.09. The summed E-state index contributed by atoms with van der Waals surface area (Å²) in [5, 5.41) is 8.74. The number of fused-ring (bicyclic) bond motifs is 2. The number of aromatic nitrogens is 2. The van der Waals surface area contributed by atoms with Crippen molar-refractivity contribution in [1.82, 2.24) is 9.97 Å². The van der Waals surface area contributed by atoms with Crippen molar-refractivity contribution >= 4 is 43.2 Å². The normalized spacial score (nSPS) is 12.0. The van der Waals surface area contributed by atoms with E-state index in [2.05, 4.69) is 52.4 Å². The number of nitrogens with zero attached hydrogens (tertiary/aromatic N) is 2. The molecule has 0 aliphatic carbocycles. The average molecular weight is 254 g/mol. The highest BCUT2D eigenvalue weighted by molar-refractivity contribution is 6.32. The molecule has 20 heavy (non-hydrogen) atoms. The minimum Gasteiger partial charge on any atom is -0.263 e. The maximum absolute atomic E-state index is 4.50. The van der Waals surface area contributed by atoms with Crippen molar-refractivity contribution in [1.29, 1.82) is 0 Å². The minimum atomic E-state index is 1.05. The highest BCUT2D eigenvalue weighted by Crippen LogP contribution is 2.38. The summed E-state index contributed by atoms with van der Waals surface area (Å²) in [6, 6.07) is 14.8. The van der Waals surface area contributed by atoms with Crippen LogP contribution in [0.4, 0.5) is 0 Å². The molecule has 0 amide bonds. The van der Waals surface area contributed by atoms with E-state index in [1.165, 1.54) is 37.7 Å². The van der Waals surface area contributed by atoms with E-state index in [9.17, 15) is 0 Å².